The van der Waals surface area contributed by atoms with E-state index in [1.165, 1.54) is 0 Å². The van der Waals surface area contributed by atoms with E-state index in [0.29, 0.717) is 4.90 Å². The topological polar surface area (TPSA) is 49.7 Å². The molecule has 2 atom stereocenters. The van der Waals surface area contributed by atoms with E-state index in [2.05, 4.69) is 45.0 Å². The van der Waals surface area contributed by atoms with Gasteiger partial charge in [0.1, 0.15) is 0 Å². The lowest BCUT2D eigenvalue weighted by Crippen LogP contribution is -2.64. The molecule has 182 valence electrons. The van der Waals surface area contributed by atoms with Gasteiger partial charge in [0.15, 0.2) is 0 Å². The van der Waals surface area contributed by atoms with Crippen molar-refractivity contribution in [2.75, 3.05) is 5.75 Å². The van der Waals surface area contributed by atoms with Crippen LogP contribution in [0.15, 0.2) is 99.9 Å². The molecule has 1 unspecified atom stereocenters. The van der Waals surface area contributed by atoms with Crippen molar-refractivity contribution in [1.82, 2.24) is 0 Å². The summed E-state index contributed by atoms with van der Waals surface area (Å²) >= 11 is 0. The molecule has 0 aliphatic rings. The smallest absolute Gasteiger partial charge is 0.260 e. The van der Waals surface area contributed by atoms with E-state index in [4.69, 9.17) is 4.03 Å². The summed E-state index contributed by atoms with van der Waals surface area (Å²) < 4.78 is 20.7. The summed E-state index contributed by atoms with van der Waals surface area (Å²) in [4.78, 5) is 0.674. The van der Waals surface area contributed by atoms with Crippen LogP contribution < -0.4 is 10.4 Å². The normalized spacial score (nSPS) is 16.4. The molecule has 0 aliphatic carbocycles. The first-order chi connectivity index (χ1) is 15.7. The fraction of sp³-hybridized carbons (Fsp3) is 0.379. The Morgan fingerprint density at radius 3 is 1.44 bits per heavy atom. The molecule has 0 bridgehead atoms. The lowest BCUT2D eigenvalue weighted by Gasteiger charge is -2.42. The third kappa shape index (κ3) is 5.07. The zero-order valence-corrected chi connectivity index (χ0v) is 23.4. The summed E-state index contributed by atoms with van der Waals surface area (Å²) in [7, 11) is -6.00. The molecule has 3 rings (SSSR count). The van der Waals surface area contributed by atoms with Gasteiger partial charge < -0.3 is 5.11 Å². The van der Waals surface area contributed by atoms with Gasteiger partial charge in [0.05, 0.1) is 21.1 Å². The van der Waals surface area contributed by atoms with Crippen molar-refractivity contribution in [3.63, 3.8) is 0 Å². The summed E-state index contributed by atoms with van der Waals surface area (Å²) in [6.45, 7) is 14.4. The van der Waals surface area contributed by atoms with Crippen LogP contribution in [0.4, 0.5) is 0 Å². The third-order valence-electron chi connectivity index (χ3n) is 6.96. The summed E-state index contributed by atoms with van der Waals surface area (Å²) in [6, 6.07) is 30.2. The Hall–Kier alpha value is -2.21. The molecule has 0 amide bonds. The highest BCUT2D eigenvalue weighted by Crippen LogP contribution is 2.40. The van der Waals surface area contributed by atoms with E-state index < -0.39 is 29.0 Å². The van der Waals surface area contributed by atoms with Crippen LogP contribution in [-0.2, 0) is 9.73 Å². The second-order valence-electron chi connectivity index (χ2n) is 11.4. The highest BCUT2D eigenvalue weighted by Gasteiger charge is 2.51. The molecule has 0 saturated heterocycles. The Balaban J connectivity index is 2.49. The van der Waals surface area contributed by atoms with Crippen LogP contribution in [0.1, 0.15) is 48.5 Å². The molecule has 0 radical (unpaired) electrons. The SMILES string of the molecule is CC(C)(C)[C@](C)(O)CS(=O)(=N[Si](c1ccccc1)(c1ccccc1)C(C)(C)C)c1ccccc1. The molecular formula is C29H39NO2SSi. The lowest BCUT2D eigenvalue weighted by molar-refractivity contribution is -0.0202. The summed E-state index contributed by atoms with van der Waals surface area (Å²) in [6.07, 6.45) is 0. The monoisotopic (exact) mass is 493 g/mol. The van der Waals surface area contributed by atoms with Gasteiger partial charge in [-0.2, -0.15) is 0 Å². The van der Waals surface area contributed by atoms with Crippen LogP contribution in [0.2, 0.25) is 5.04 Å². The van der Waals surface area contributed by atoms with Gasteiger partial charge in [0.25, 0.3) is 8.24 Å². The first-order valence-corrected chi connectivity index (χ1v) is 15.5. The highest BCUT2D eigenvalue weighted by molar-refractivity contribution is 7.94. The van der Waals surface area contributed by atoms with Gasteiger partial charge in [-0.1, -0.05) is 120 Å². The Labute approximate surface area is 207 Å². The number of aliphatic hydroxyl groups is 1. The summed E-state index contributed by atoms with van der Waals surface area (Å²) in [5.74, 6) is 0.0675. The maximum atomic E-state index is 15.2. The molecule has 3 aromatic rings. The molecule has 0 heterocycles. The molecule has 0 saturated carbocycles. The van der Waals surface area contributed by atoms with Gasteiger partial charge in [0.2, 0.25) is 0 Å². The minimum Gasteiger partial charge on any atom is -0.389 e. The minimum absolute atomic E-state index is 0.0675. The number of hydrogen-bond acceptors (Lipinski definition) is 3. The second kappa shape index (κ2) is 9.44. The largest absolute Gasteiger partial charge is 0.389 e. The average molecular weight is 494 g/mol. The standard InChI is InChI=1S/C29H39NO2SSi/c1-27(2,3)29(7,31)23-33(32,24-17-11-8-12-18-24)30-34(28(4,5)6,25-19-13-9-14-20-25)26-21-15-10-16-22-26/h8-22,31H,23H2,1-7H3/t29-,33?/m1/s1. The maximum Gasteiger partial charge on any atom is 0.260 e. The Morgan fingerprint density at radius 1 is 0.706 bits per heavy atom. The van der Waals surface area contributed by atoms with Gasteiger partial charge in [-0.05, 0) is 39.9 Å². The van der Waals surface area contributed by atoms with Crippen molar-refractivity contribution in [2.45, 2.75) is 64.0 Å². The van der Waals surface area contributed by atoms with Crippen LogP contribution in [0, 0.1) is 5.41 Å². The summed E-state index contributed by atoms with van der Waals surface area (Å²) in [5.41, 5.74) is -1.65. The van der Waals surface area contributed by atoms with Crippen molar-refractivity contribution in [2.24, 2.45) is 9.44 Å². The van der Waals surface area contributed by atoms with Gasteiger partial charge in [-0.25, -0.2) is 4.21 Å². The first kappa shape index (κ1) is 26.4. The van der Waals surface area contributed by atoms with Crippen LogP contribution in [-0.4, -0.2) is 28.9 Å². The van der Waals surface area contributed by atoms with Crippen LogP contribution >= 0.6 is 0 Å². The number of hydrogen-bond donors (Lipinski definition) is 1. The first-order valence-electron chi connectivity index (χ1n) is 11.9. The molecule has 0 aliphatic heterocycles. The number of nitrogens with zero attached hydrogens (tertiary/aromatic N) is 1. The molecule has 0 aromatic heterocycles. The predicted molar refractivity (Wildman–Crippen MR) is 148 cm³/mol. The van der Waals surface area contributed by atoms with E-state index in [-0.39, 0.29) is 10.8 Å². The van der Waals surface area contributed by atoms with E-state index in [1.807, 2.05) is 87.5 Å². The predicted octanol–water partition coefficient (Wildman–Crippen LogP) is 5.87. The third-order valence-corrected chi connectivity index (χ3v) is 15.7. The van der Waals surface area contributed by atoms with Crippen molar-refractivity contribution in [3.8, 4) is 0 Å². The van der Waals surface area contributed by atoms with Gasteiger partial charge >= 0.3 is 0 Å². The van der Waals surface area contributed by atoms with Crippen molar-refractivity contribution in [3.05, 3.63) is 91.0 Å². The van der Waals surface area contributed by atoms with Crippen molar-refractivity contribution >= 4 is 28.3 Å². The Kier molecular flexibility index (Phi) is 7.33. The molecule has 0 fully saturated rings. The minimum atomic E-state index is -3.01. The van der Waals surface area contributed by atoms with Crippen LogP contribution in [0.3, 0.4) is 0 Å². The molecular weight excluding hydrogens is 454 g/mol. The Bertz CT molecular complexity index is 1160. The quantitative estimate of drug-likeness (QED) is 0.437. The Morgan fingerprint density at radius 2 is 1.09 bits per heavy atom. The molecule has 1 N–H and O–H groups in total. The van der Waals surface area contributed by atoms with Crippen molar-refractivity contribution < 1.29 is 9.32 Å². The van der Waals surface area contributed by atoms with Crippen LogP contribution in [0.25, 0.3) is 0 Å². The zero-order valence-electron chi connectivity index (χ0n) is 21.6. The molecule has 34 heavy (non-hydrogen) atoms. The average Bonchev–Trinajstić information content (AvgIpc) is 2.77. The lowest BCUT2D eigenvalue weighted by atomic mass is 9.79. The fourth-order valence-electron chi connectivity index (χ4n) is 4.25. The van der Waals surface area contributed by atoms with E-state index in [1.54, 1.807) is 6.92 Å². The zero-order chi connectivity index (χ0) is 25.3. The second-order valence-corrected chi connectivity index (χ2v) is 18.3. The van der Waals surface area contributed by atoms with E-state index >= 15 is 4.21 Å². The fourth-order valence-corrected chi connectivity index (χ4v) is 14.0. The number of benzene rings is 3. The highest BCUT2D eigenvalue weighted by atomic mass is 32.2. The molecule has 3 aromatic carbocycles. The van der Waals surface area contributed by atoms with Gasteiger partial charge in [0, 0.05) is 4.90 Å². The van der Waals surface area contributed by atoms with Crippen LogP contribution in [0.5, 0.6) is 0 Å². The van der Waals surface area contributed by atoms with E-state index in [0.717, 1.165) is 10.4 Å². The molecule has 5 heteroatoms. The maximum absolute atomic E-state index is 15.2. The molecule has 3 nitrogen and oxygen atoms in total. The van der Waals surface area contributed by atoms with Crippen molar-refractivity contribution in [1.29, 1.82) is 0 Å². The number of rotatable bonds is 6. The van der Waals surface area contributed by atoms with Gasteiger partial charge in [-0.3, -0.25) is 4.03 Å². The van der Waals surface area contributed by atoms with Gasteiger partial charge in [-0.15, -0.1) is 0 Å². The van der Waals surface area contributed by atoms with E-state index in [9.17, 15) is 5.11 Å². The molecule has 0 spiro atoms. The summed E-state index contributed by atoms with van der Waals surface area (Å²) in [5, 5.41) is 13.5.